The molecule has 17 heavy (non-hydrogen) atoms. The zero-order chi connectivity index (χ0) is 12.7. The second-order valence-corrected chi connectivity index (χ2v) is 4.23. The first-order valence-corrected chi connectivity index (χ1v) is 6.21. The lowest BCUT2D eigenvalue weighted by Gasteiger charge is -2.14. The quantitative estimate of drug-likeness (QED) is 0.742. The largest absolute Gasteiger partial charge is 0.493 e. The van der Waals surface area contributed by atoms with Gasteiger partial charge in [0.05, 0.1) is 6.61 Å². The van der Waals surface area contributed by atoms with E-state index in [0.29, 0.717) is 6.61 Å². The van der Waals surface area contributed by atoms with Crippen LogP contribution in [-0.4, -0.2) is 19.8 Å². The molecule has 3 heteroatoms. The van der Waals surface area contributed by atoms with E-state index in [1.807, 2.05) is 26.0 Å². The Balaban J connectivity index is 2.53. The molecule has 2 N–H and O–H groups in total. The second-order valence-electron chi connectivity index (χ2n) is 4.23. The molecule has 0 aliphatic carbocycles. The van der Waals surface area contributed by atoms with E-state index in [2.05, 4.69) is 13.0 Å². The van der Waals surface area contributed by atoms with Crippen molar-refractivity contribution in [2.45, 2.75) is 33.2 Å². The summed E-state index contributed by atoms with van der Waals surface area (Å²) in [6.45, 7) is 8.19. The van der Waals surface area contributed by atoms with Gasteiger partial charge in [-0.2, -0.15) is 0 Å². The standard InChI is InChI=1S/C14H23NO2/c1-4-16-8-5-9-17-14-10-11(2)6-7-13(14)12(3)15/h6-7,10,12H,4-5,8-9,15H2,1-3H3. The number of hydrogen-bond acceptors (Lipinski definition) is 3. The van der Waals surface area contributed by atoms with Gasteiger partial charge in [0.15, 0.2) is 0 Å². The highest BCUT2D eigenvalue weighted by Crippen LogP contribution is 2.25. The maximum Gasteiger partial charge on any atom is 0.124 e. The normalized spacial score (nSPS) is 12.5. The summed E-state index contributed by atoms with van der Waals surface area (Å²) in [6, 6.07) is 6.14. The van der Waals surface area contributed by atoms with E-state index in [1.54, 1.807) is 0 Å². The van der Waals surface area contributed by atoms with Crippen LogP contribution in [-0.2, 0) is 4.74 Å². The van der Waals surface area contributed by atoms with Crippen molar-refractivity contribution in [3.05, 3.63) is 29.3 Å². The molecule has 1 rings (SSSR count). The average molecular weight is 237 g/mol. The fraction of sp³-hybridized carbons (Fsp3) is 0.571. The van der Waals surface area contributed by atoms with Crippen molar-refractivity contribution in [1.82, 2.24) is 0 Å². The lowest BCUT2D eigenvalue weighted by molar-refractivity contribution is 0.130. The molecule has 0 aromatic heterocycles. The van der Waals surface area contributed by atoms with Gasteiger partial charge in [0.1, 0.15) is 5.75 Å². The van der Waals surface area contributed by atoms with Crippen LogP contribution in [0.1, 0.15) is 37.4 Å². The van der Waals surface area contributed by atoms with Crippen molar-refractivity contribution in [2.75, 3.05) is 19.8 Å². The number of nitrogens with two attached hydrogens (primary N) is 1. The summed E-state index contributed by atoms with van der Waals surface area (Å²) in [5.74, 6) is 0.900. The van der Waals surface area contributed by atoms with E-state index < -0.39 is 0 Å². The molecule has 3 nitrogen and oxygen atoms in total. The third-order valence-electron chi connectivity index (χ3n) is 2.55. The molecule has 1 unspecified atom stereocenters. The van der Waals surface area contributed by atoms with Gasteiger partial charge in [-0.05, 0) is 32.4 Å². The molecule has 0 heterocycles. The fourth-order valence-electron chi connectivity index (χ4n) is 1.63. The molecule has 0 saturated heterocycles. The van der Waals surface area contributed by atoms with Crippen molar-refractivity contribution in [3.8, 4) is 5.75 Å². The van der Waals surface area contributed by atoms with Crippen LogP contribution in [0.2, 0.25) is 0 Å². The van der Waals surface area contributed by atoms with Gasteiger partial charge in [0, 0.05) is 31.2 Å². The predicted octanol–water partition coefficient (Wildman–Crippen LogP) is 2.82. The summed E-state index contributed by atoms with van der Waals surface area (Å²) in [4.78, 5) is 0. The number of benzene rings is 1. The Morgan fingerprint density at radius 2 is 2.06 bits per heavy atom. The molecular formula is C14H23NO2. The number of aryl methyl sites for hydroxylation is 1. The molecule has 1 aromatic rings. The smallest absolute Gasteiger partial charge is 0.124 e. The lowest BCUT2D eigenvalue weighted by Crippen LogP contribution is -2.10. The molecule has 0 fully saturated rings. The first-order valence-electron chi connectivity index (χ1n) is 6.21. The maximum atomic E-state index is 5.91. The second kappa shape index (κ2) is 7.30. The van der Waals surface area contributed by atoms with Crippen LogP contribution < -0.4 is 10.5 Å². The van der Waals surface area contributed by atoms with Gasteiger partial charge >= 0.3 is 0 Å². The Morgan fingerprint density at radius 1 is 1.29 bits per heavy atom. The number of rotatable bonds is 7. The minimum atomic E-state index is -0.00232. The summed E-state index contributed by atoms with van der Waals surface area (Å²) in [5.41, 5.74) is 8.16. The molecule has 0 spiro atoms. The molecule has 0 aliphatic heterocycles. The van der Waals surface area contributed by atoms with E-state index in [1.165, 1.54) is 5.56 Å². The molecule has 1 atom stereocenters. The van der Waals surface area contributed by atoms with E-state index in [0.717, 1.165) is 30.9 Å². The van der Waals surface area contributed by atoms with Crippen LogP contribution in [0.5, 0.6) is 5.75 Å². The van der Waals surface area contributed by atoms with Gasteiger partial charge in [-0.25, -0.2) is 0 Å². The van der Waals surface area contributed by atoms with Crippen molar-refractivity contribution in [1.29, 1.82) is 0 Å². The zero-order valence-electron chi connectivity index (χ0n) is 11.0. The molecule has 0 radical (unpaired) electrons. The minimum Gasteiger partial charge on any atom is -0.493 e. The van der Waals surface area contributed by atoms with Crippen molar-refractivity contribution < 1.29 is 9.47 Å². The highest BCUT2D eigenvalue weighted by molar-refractivity contribution is 5.38. The van der Waals surface area contributed by atoms with Crippen LogP contribution in [0.4, 0.5) is 0 Å². The zero-order valence-corrected chi connectivity index (χ0v) is 11.0. The summed E-state index contributed by atoms with van der Waals surface area (Å²) < 4.78 is 11.0. The predicted molar refractivity (Wildman–Crippen MR) is 70.4 cm³/mol. The molecule has 0 saturated carbocycles. The Labute approximate surface area is 104 Å². The van der Waals surface area contributed by atoms with Crippen LogP contribution in [0.3, 0.4) is 0 Å². The average Bonchev–Trinajstić information content (AvgIpc) is 2.28. The van der Waals surface area contributed by atoms with Crippen molar-refractivity contribution in [2.24, 2.45) is 5.73 Å². The van der Waals surface area contributed by atoms with Crippen molar-refractivity contribution >= 4 is 0 Å². The van der Waals surface area contributed by atoms with Gasteiger partial charge < -0.3 is 15.2 Å². The van der Waals surface area contributed by atoms with Gasteiger partial charge in [-0.15, -0.1) is 0 Å². The Bertz CT molecular complexity index is 337. The van der Waals surface area contributed by atoms with E-state index in [4.69, 9.17) is 15.2 Å². The first-order chi connectivity index (χ1) is 8.15. The molecule has 0 aliphatic rings. The van der Waals surface area contributed by atoms with Gasteiger partial charge in [0.25, 0.3) is 0 Å². The summed E-state index contributed by atoms with van der Waals surface area (Å²) in [6.07, 6.45) is 0.903. The summed E-state index contributed by atoms with van der Waals surface area (Å²) in [7, 11) is 0. The first kappa shape index (κ1) is 14.0. The molecule has 0 bridgehead atoms. The lowest BCUT2D eigenvalue weighted by atomic mass is 10.1. The Kier molecular flexibility index (Phi) is 6.01. The van der Waals surface area contributed by atoms with Crippen LogP contribution in [0, 0.1) is 6.92 Å². The topological polar surface area (TPSA) is 44.5 Å². The number of hydrogen-bond donors (Lipinski definition) is 1. The van der Waals surface area contributed by atoms with Crippen molar-refractivity contribution in [3.63, 3.8) is 0 Å². The Hall–Kier alpha value is -1.06. The van der Waals surface area contributed by atoms with Crippen LogP contribution in [0.15, 0.2) is 18.2 Å². The van der Waals surface area contributed by atoms with Crippen LogP contribution in [0.25, 0.3) is 0 Å². The monoisotopic (exact) mass is 237 g/mol. The minimum absolute atomic E-state index is 0.00232. The molecule has 0 amide bonds. The van der Waals surface area contributed by atoms with Gasteiger partial charge in [0.2, 0.25) is 0 Å². The molecular weight excluding hydrogens is 214 g/mol. The number of ether oxygens (including phenoxy) is 2. The van der Waals surface area contributed by atoms with Gasteiger partial charge in [-0.3, -0.25) is 0 Å². The molecule has 1 aromatic carbocycles. The SMILES string of the molecule is CCOCCCOc1cc(C)ccc1C(C)N. The van der Waals surface area contributed by atoms with E-state index >= 15 is 0 Å². The highest BCUT2D eigenvalue weighted by Gasteiger charge is 2.07. The molecule has 96 valence electrons. The summed E-state index contributed by atoms with van der Waals surface area (Å²) in [5, 5.41) is 0. The van der Waals surface area contributed by atoms with E-state index in [9.17, 15) is 0 Å². The third kappa shape index (κ3) is 4.75. The summed E-state index contributed by atoms with van der Waals surface area (Å²) >= 11 is 0. The Morgan fingerprint density at radius 3 is 2.71 bits per heavy atom. The van der Waals surface area contributed by atoms with Crippen LogP contribution >= 0.6 is 0 Å². The van der Waals surface area contributed by atoms with Gasteiger partial charge in [-0.1, -0.05) is 12.1 Å². The highest BCUT2D eigenvalue weighted by atomic mass is 16.5. The maximum absolute atomic E-state index is 5.91. The third-order valence-corrected chi connectivity index (χ3v) is 2.55. The van der Waals surface area contributed by atoms with E-state index in [-0.39, 0.29) is 6.04 Å². The fourth-order valence-corrected chi connectivity index (χ4v) is 1.63.